The third-order valence-corrected chi connectivity index (χ3v) is 6.83. The van der Waals surface area contributed by atoms with Crippen molar-refractivity contribution in [2.24, 2.45) is 0 Å². The predicted octanol–water partition coefficient (Wildman–Crippen LogP) is 4.55. The number of thiocarbonyl (C=S) groups is 1. The molecule has 1 fully saturated rings. The van der Waals surface area contributed by atoms with Crippen molar-refractivity contribution in [3.05, 3.63) is 107 Å². The number of benzene rings is 2. The van der Waals surface area contributed by atoms with Gasteiger partial charge in [-0.25, -0.2) is 0 Å². The minimum atomic E-state index is -0.418. The van der Waals surface area contributed by atoms with Gasteiger partial charge in [0.1, 0.15) is 18.4 Å². The molecule has 2 atom stereocenters. The lowest BCUT2D eigenvalue weighted by Crippen LogP contribution is -2.30. The van der Waals surface area contributed by atoms with Gasteiger partial charge in [0.05, 0.1) is 35.1 Å². The number of amides is 1. The van der Waals surface area contributed by atoms with Gasteiger partial charge in [-0.3, -0.25) is 19.9 Å². The van der Waals surface area contributed by atoms with E-state index in [-0.39, 0.29) is 24.2 Å². The van der Waals surface area contributed by atoms with Crippen molar-refractivity contribution in [2.45, 2.75) is 12.1 Å². The summed E-state index contributed by atoms with van der Waals surface area (Å²) in [6, 6.07) is 20.6. The Bertz CT molecular complexity index is 1560. The summed E-state index contributed by atoms with van der Waals surface area (Å²) in [4.78, 5) is 29.9. The number of non-ortho nitro benzene ring substituents is 1. The molecular formula is C28H26N6O5S. The molecule has 0 bridgehead atoms. The van der Waals surface area contributed by atoms with Crippen LogP contribution >= 0.6 is 12.2 Å². The van der Waals surface area contributed by atoms with E-state index in [2.05, 4.69) is 15.6 Å². The quantitative estimate of drug-likeness (QED) is 0.173. The Labute approximate surface area is 235 Å². The molecule has 4 aromatic rings. The molecule has 1 aliphatic rings. The van der Waals surface area contributed by atoms with E-state index in [0.717, 1.165) is 11.4 Å². The van der Waals surface area contributed by atoms with Crippen LogP contribution in [0, 0.1) is 10.1 Å². The molecule has 2 aromatic heterocycles. The number of nitro benzene ring substituents is 1. The van der Waals surface area contributed by atoms with Gasteiger partial charge in [0, 0.05) is 43.0 Å². The second kappa shape index (κ2) is 11.5. The standard InChI is InChI=1S/C28H26N6O5S/c1-38-17-25(35)30-22-16-19(11-12-24(22)39-2)33-27(26(31-28(33)40)21-9-3-4-13-29-21)23-10-6-14-32(23)18-7-5-8-20(15-18)34(36)37/h3-16,26-27H,17H2,1-2H3,(H,30,35)(H,31,40). The largest absolute Gasteiger partial charge is 0.495 e. The molecule has 11 nitrogen and oxygen atoms in total. The van der Waals surface area contributed by atoms with E-state index in [1.165, 1.54) is 26.4 Å². The average Bonchev–Trinajstić information content (AvgIpc) is 3.58. The monoisotopic (exact) mass is 558 g/mol. The fourth-order valence-electron chi connectivity index (χ4n) is 4.82. The first-order valence-corrected chi connectivity index (χ1v) is 12.7. The van der Waals surface area contributed by atoms with E-state index in [4.69, 9.17) is 21.7 Å². The topological polar surface area (TPSA) is 124 Å². The van der Waals surface area contributed by atoms with E-state index >= 15 is 0 Å². The van der Waals surface area contributed by atoms with Crippen molar-refractivity contribution in [1.29, 1.82) is 0 Å². The van der Waals surface area contributed by atoms with Gasteiger partial charge in [-0.15, -0.1) is 0 Å². The second-order valence-corrected chi connectivity index (χ2v) is 9.33. The van der Waals surface area contributed by atoms with E-state index < -0.39 is 11.0 Å². The molecule has 5 rings (SSSR count). The number of aromatic nitrogens is 2. The molecule has 0 saturated carbocycles. The van der Waals surface area contributed by atoms with E-state index in [0.29, 0.717) is 27.9 Å². The van der Waals surface area contributed by atoms with Crippen LogP contribution in [0.2, 0.25) is 0 Å². The van der Waals surface area contributed by atoms with Gasteiger partial charge in [-0.1, -0.05) is 12.1 Å². The van der Waals surface area contributed by atoms with Crippen molar-refractivity contribution >= 4 is 40.3 Å². The number of anilines is 2. The van der Waals surface area contributed by atoms with Gasteiger partial charge in [0.25, 0.3) is 5.69 Å². The smallest absolute Gasteiger partial charge is 0.271 e. The van der Waals surface area contributed by atoms with Gasteiger partial charge in [0.15, 0.2) is 5.11 Å². The summed E-state index contributed by atoms with van der Waals surface area (Å²) in [6.07, 6.45) is 3.57. The number of nitrogens with zero attached hydrogens (tertiary/aromatic N) is 4. The Hall–Kier alpha value is -4.81. The van der Waals surface area contributed by atoms with Crippen LogP contribution in [-0.2, 0) is 9.53 Å². The summed E-state index contributed by atoms with van der Waals surface area (Å²) in [5, 5.41) is 18.2. The third-order valence-electron chi connectivity index (χ3n) is 6.51. The van der Waals surface area contributed by atoms with Crippen molar-refractivity contribution < 1.29 is 19.2 Å². The lowest BCUT2D eigenvalue weighted by Gasteiger charge is -2.29. The minimum Gasteiger partial charge on any atom is -0.495 e. The highest BCUT2D eigenvalue weighted by atomic mass is 32.1. The molecule has 0 radical (unpaired) electrons. The maximum atomic E-state index is 12.3. The van der Waals surface area contributed by atoms with Crippen molar-refractivity contribution in [2.75, 3.05) is 31.0 Å². The number of carbonyl (C=O) groups is 1. The minimum absolute atomic E-state index is 0.0121. The molecule has 1 aliphatic heterocycles. The van der Waals surface area contributed by atoms with Gasteiger partial charge in [-0.2, -0.15) is 0 Å². The van der Waals surface area contributed by atoms with Crippen LogP contribution in [0.25, 0.3) is 5.69 Å². The van der Waals surface area contributed by atoms with Crippen LogP contribution in [0.4, 0.5) is 17.1 Å². The molecule has 0 aliphatic carbocycles. The maximum absolute atomic E-state index is 12.3. The lowest BCUT2D eigenvalue weighted by molar-refractivity contribution is -0.384. The Morgan fingerprint density at radius 1 is 1.10 bits per heavy atom. The summed E-state index contributed by atoms with van der Waals surface area (Å²) >= 11 is 5.85. The Morgan fingerprint density at radius 2 is 1.95 bits per heavy atom. The maximum Gasteiger partial charge on any atom is 0.271 e. The number of rotatable bonds is 9. The summed E-state index contributed by atoms with van der Waals surface area (Å²) < 4.78 is 12.3. The van der Waals surface area contributed by atoms with E-state index in [1.54, 1.807) is 24.4 Å². The molecule has 2 N–H and O–H groups in total. The van der Waals surface area contributed by atoms with Crippen LogP contribution in [0.1, 0.15) is 23.5 Å². The van der Waals surface area contributed by atoms with E-state index in [9.17, 15) is 14.9 Å². The Morgan fingerprint density at radius 3 is 2.67 bits per heavy atom. The highest BCUT2D eigenvalue weighted by Crippen LogP contribution is 2.44. The first-order chi connectivity index (χ1) is 19.4. The number of nitrogens with one attached hydrogen (secondary N) is 2. The molecule has 2 aromatic carbocycles. The number of methoxy groups -OCH3 is 2. The third kappa shape index (κ3) is 5.22. The number of hydrogen-bond donors (Lipinski definition) is 2. The number of nitro groups is 1. The summed E-state index contributed by atoms with van der Waals surface area (Å²) in [5.74, 6) is 0.145. The number of ether oxygens (including phenoxy) is 2. The van der Waals surface area contributed by atoms with Gasteiger partial charge in [-0.05, 0) is 60.7 Å². The Balaban J connectivity index is 1.64. The molecule has 2 unspecified atom stereocenters. The van der Waals surface area contributed by atoms with Gasteiger partial charge < -0.3 is 29.6 Å². The Kier molecular flexibility index (Phi) is 7.71. The van der Waals surface area contributed by atoms with Crippen molar-refractivity contribution in [3.8, 4) is 11.4 Å². The average molecular weight is 559 g/mol. The fraction of sp³-hybridized carbons (Fsp3) is 0.179. The van der Waals surface area contributed by atoms with Crippen LogP contribution in [0.15, 0.2) is 85.2 Å². The molecule has 3 heterocycles. The van der Waals surface area contributed by atoms with Crippen LogP contribution in [0.3, 0.4) is 0 Å². The van der Waals surface area contributed by atoms with Crippen molar-refractivity contribution in [3.63, 3.8) is 0 Å². The number of pyridine rings is 1. The zero-order valence-corrected chi connectivity index (χ0v) is 22.5. The van der Waals surface area contributed by atoms with Crippen molar-refractivity contribution in [1.82, 2.24) is 14.9 Å². The molecule has 1 saturated heterocycles. The normalized spacial score (nSPS) is 16.4. The first kappa shape index (κ1) is 26.8. The lowest BCUT2D eigenvalue weighted by atomic mass is 10.0. The molecule has 12 heteroatoms. The van der Waals surface area contributed by atoms with Crippen LogP contribution in [0.5, 0.6) is 5.75 Å². The summed E-state index contributed by atoms with van der Waals surface area (Å²) in [6.45, 7) is -0.113. The molecule has 204 valence electrons. The first-order valence-electron chi connectivity index (χ1n) is 12.3. The predicted molar refractivity (Wildman–Crippen MR) is 154 cm³/mol. The van der Waals surface area contributed by atoms with Crippen LogP contribution < -0.4 is 20.3 Å². The molecular weight excluding hydrogens is 532 g/mol. The summed E-state index contributed by atoms with van der Waals surface area (Å²) in [5.41, 5.74) is 3.37. The highest BCUT2D eigenvalue weighted by molar-refractivity contribution is 7.80. The van der Waals surface area contributed by atoms with Gasteiger partial charge >= 0.3 is 0 Å². The number of hydrogen-bond acceptors (Lipinski definition) is 7. The highest BCUT2D eigenvalue weighted by Gasteiger charge is 2.42. The zero-order chi connectivity index (χ0) is 28.2. The van der Waals surface area contributed by atoms with Gasteiger partial charge in [0.2, 0.25) is 5.91 Å². The molecule has 1 amide bonds. The zero-order valence-electron chi connectivity index (χ0n) is 21.7. The molecule has 0 spiro atoms. The SMILES string of the molecule is COCC(=O)Nc1cc(N2C(=S)NC(c3ccccn3)C2c2cccn2-c2cccc([N+](=O)[O-])c2)ccc1OC. The van der Waals surface area contributed by atoms with Crippen LogP contribution in [-0.4, -0.2) is 46.3 Å². The fourth-order valence-corrected chi connectivity index (χ4v) is 5.17. The second-order valence-electron chi connectivity index (χ2n) is 8.94. The number of carbonyl (C=O) groups excluding carboxylic acids is 1. The molecule has 40 heavy (non-hydrogen) atoms. The van der Waals surface area contributed by atoms with E-state index in [1.807, 2.05) is 58.1 Å². The summed E-state index contributed by atoms with van der Waals surface area (Å²) in [7, 11) is 2.97.